The average molecular weight is 302 g/mol. The lowest BCUT2D eigenvalue weighted by Gasteiger charge is -2.49. The number of benzene rings is 1. The highest BCUT2D eigenvalue weighted by molar-refractivity contribution is 6.32. The van der Waals surface area contributed by atoms with E-state index in [0.717, 1.165) is 6.07 Å². The number of halogens is 2. The van der Waals surface area contributed by atoms with E-state index >= 15 is 0 Å². The van der Waals surface area contributed by atoms with E-state index in [1.165, 1.54) is 12.1 Å². The van der Waals surface area contributed by atoms with Gasteiger partial charge in [0.15, 0.2) is 6.61 Å². The molecule has 0 aromatic heterocycles. The van der Waals surface area contributed by atoms with Gasteiger partial charge in [-0.3, -0.25) is 4.79 Å². The molecule has 1 fully saturated rings. The summed E-state index contributed by atoms with van der Waals surface area (Å²) < 4.78 is 18.1. The number of aliphatic hydroxyl groups is 1. The molecule has 0 spiro atoms. The number of aliphatic hydroxyl groups excluding tert-OH is 1. The number of ether oxygens (including phenoxy) is 1. The Balaban J connectivity index is 1.84. The fourth-order valence-corrected chi connectivity index (χ4v) is 2.34. The van der Waals surface area contributed by atoms with Crippen LogP contribution in [0.25, 0.3) is 0 Å². The summed E-state index contributed by atoms with van der Waals surface area (Å²) in [6.07, 6.45) is 0.135. The van der Waals surface area contributed by atoms with Crippen LogP contribution in [0.2, 0.25) is 5.02 Å². The maximum absolute atomic E-state index is 12.9. The van der Waals surface area contributed by atoms with E-state index in [-0.39, 0.29) is 34.7 Å². The number of carbonyl (C=O) groups excluding carboxylic acids is 1. The number of hydrogen-bond acceptors (Lipinski definition) is 3. The van der Waals surface area contributed by atoms with Crippen molar-refractivity contribution in [3.63, 3.8) is 0 Å². The first-order valence-electron chi connectivity index (χ1n) is 6.36. The number of amides is 1. The Bertz CT molecular complexity index is 521. The van der Waals surface area contributed by atoms with Crippen molar-refractivity contribution >= 4 is 17.5 Å². The standard InChI is InChI=1S/C14H17ClFNO3/c1-14(2)11(6-12(14)18)17-13(19)7-20-10-4-3-8(16)5-9(10)15/h3-5,11-12,18H,6-7H2,1-2H3,(H,17,19). The molecule has 2 unspecified atom stereocenters. The molecule has 0 aliphatic heterocycles. The van der Waals surface area contributed by atoms with Crippen LogP contribution in [0.15, 0.2) is 18.2 Å². The van der Waals surface area contributed by atoms with Gasteiger partial charge in [-0.15, -0.1) is 0 Å². The molecule has 0 radical (unpaired) electrons. The molecule has 2 N–H and O–H groups in total. The minimum absolute atomic E-state index is 0.0720. The van der Waals surface area contributed by atoms with Gasteiger partial charge in [-0.1, -0.05) is 25.4 Å². The number of nitrogens with one attached hydrogen (secondary N) is 1. The molecular formula is C14H17ClFNO3. The van der Waals surface area contributed by atoms with E-state index in [1.54, 1.807) is 0 Å². The topological polar surface area (TPSA) is 58.6 Å². The van der Waals surface area contributed by atoms with Crippen LogP contribution in [-0.4, -0.2) is 29.8 Å². The lowest BCUT2D eigenvalue weighted by atomic mass is 9.64. The Morgan fingerprint density at radius 2 is 2.30 bits per heavy atom. The summed E-state index contributed by atoms with van der Waals surface area (Å²) in [7, 11) is 0. The fourth-order valence-electron chi connectivity index (χ4n) is 2.12. The largest absolute Gasteiger partial charge is 0.482 e. The molecule has 1 saturated carbocycles. The van der Waals surface area contributed by atoms with Gasteiger partial charge in [0.25, 0.3) is 5.91 Å². The van der Waals surface area contributed by atoms with Crippen LogP contribution in [0.4, 0.5) is 4.39 Å². The Hall–Kier alpha value is -1.33. The normalized spacial score (nSPS) is 23.9. The minimum atomic E-state index is -0.461. The second kappa shape index (κ2) is 5.58. The van der Waals surface area contributed by atoms with E-state index in [9.17, 15) is 14.3 Å². The van der Waals surface area contributed by atoms with Crippen LogP contribution in [0.3, 0.4) is 0 Å². The van der Waals surface area contributed by atoms with Gasteiger partial charge in [-0.25, -0.2) is 4.39 Å². The first-order chi connectivity index (χ1) is 9.30. The van der Waals surface area contributed by atoms with Crippen molar-refractivity contribution in [2.45, 2.75) is 32.4 Å². The third-order valence-corrected chi connectivity index (χ3v) is 4.10. The van der Waals surface area contributed by atoms with Crippen LogP contribution >= 0.6 is 11.6 Å². The molecule has 2 atom stereocenters. The van der Waals surface area contributed by atoms with Crippen LogP contribution < -0.4 is 10.1 Å². The van der Waals surface area contributed by atoms with Crippen molar-refractivity contribution in [3.8, 4) is 5.75 Å². The summed E-state index contributed by atoms with van der Waals surface area (Å²) in [6.45, 7) is 3.58. The Morgan fingerprint density at radius 3 is 2.85 bits per heavy atom. The zero-order valence-electron chi connectivity index (χ0n) is 11.3. The summed E-state index contributed by atoms with van der Waals surface area (Å²) in [4.78, 5) is 11.8. The van der Waals surface area contributed by atoms with Crippen LogP contribution in [0.5, 0.6) is 5.75 Å². The Kier molecular flexibility index (Phi) is 4.20. The van der Waals surface area contributed by atoms with Gasteiger partial charge in [0, 0.05) is 11.5 Å². The highest BCUT2D eigenvalue weighted by Gasteiger charge is 2.47. The van der Waals surface area contributed by atoms with E-state index in [1.807, 2.05) is 13.8 Å². The molecule has 2 rings (SSSR count). The van der Waals surface area contributed by atoms with Crippen molar-refractivity contribution in [1.82, 2.24) is 5.32 Å². The molecule has 110 valence electrons. The molecule has 1 amide bonds. The summed E-state index contributed by atoms with van der Waals surface area (Å²) in [6, 6.07) is 3.64. The molecule has 4 nitrogen and oxygen atoms in total. The molecule has 0 heterocycles. The fraction of sp³-hybridized carbons (Fsp3) is 0.500. The van der Waals surface area contributed by atoms with Gasteiger partial charge in [0.2, 0.25) is 0 Å². The minimum Gasteiger partial charge on any atom is -0.482 e. The second-order valence-electron chi connectivity index (χ2n) is 5.56. The van der Waals surface area contributed by atoms with Gasteiger partial charge < -0.3 is 15.2 Å². The second-order valence-corrected chi connectivity index (χ2v) is 5.96. The molecular weight excluding hydrogens is 285 g/mol. The van der Waals surface area contributed by atoms with E-state index in [0.29, 0.717) is 6.42 Å². The molecule has 1 aliphatic rings. The van der Waals surface area contributed by atoms with Gasteiger partial charge >= 0.3 is 0 Å². The maximum Gasteiger partial charge on any atom is 0.258 e. The van der Waals surface area contributed by atoms with E-state index < -0.39 is 11.9 Å². The van der Waals surface area contributed by atoms with Gasteiger partial charge in [0.1, 0.15) is 11.6 Å². The monoisotopic (exact) mass is 301 g/mol. The predicted octanol–water partition coefficient (Wildman–Crippen LogP) is 2.13. The molecule has 0 bridgehead atoms. The lowest BCUT2D eigenvalue weighted by Crippen LogP contribution is -2.61. The molecule has 1 aromatic carbocycles. The zero-order valence-corrected chi connectivity index (χ0v) is 12.1. The molecule has 0 saturated heterocycles. The van der Waals surface area contributed by atoms with Crippen LogP contribution in [0.1, 0.15) is 20.3 Å². The van der Waals surface area contributed by atoms with Crippen LogP contribution in [0, 0.1) is 11.2 Å². The van der Waals surface area contributed by atoms with E-state index in [4.69, 9.17) is 16.3 Å². The van der Waals surface area contributed by atoms with Crippen molar-refractivity contribution in [2.24, 2.45) is 5.41 Å². The van der Waals surface area contributed by atoms with Gasteiger partial charge in [-0.2, -0.15) is 0 Å². The summed E-state index contributed by atoms with van der Waals surface area (Å²) in [5.41, 5.74) is -0.330. The van der Waals surface area contributed by atoms with Gasteiger partial charge in [-0.05, 0) is 24.6 Å². The average Bonchev–Trinajstić information content (AvgIpc) is 2.37. The van der Waals surface area contributed by atoms with Gasteiger partial charge in [0.05, 0.1) is 11.1 Å². The molecule has 1 aliphatic carbocycles. The molecule has 1 aromatic rings. The highest BCUT2D eigenvalue weighted by Crippen LogP contribution is 2.40. The quantitative estimate of drug-likeness (QED) is 0.896. The van der Waals surface area contributed by atoms with Crippen LogP contribution in [-0.2, 0) is 4.79 Å². The van der Waals surface area contributed by atoms with Crippen molar-refractivity contribution < 1.29 is 19.0 Å². The first-order valence-corrected chi connectivity index (χ1v) is 6.74. The number of carbonyl (C=O) groups is 1. The third kappa shape index (κ3) is 3.04. The first kappa shape index (κ1) is 15.1. The zero-order chi connectivity index (χ0) is 14.9. The summed E-state index contributed by atoms with van der Waals surface area (Å²) in [5.74, 6) is -0.497. The van der Waals surface area contributed by atoms with Crippen molar-refractivity contribution in [2.75, 3.05) is 6.61 Å². The predicted molar refractivity (Wildman–Crippen MR) is 73.2 cm³/mol. The smallest absolute Gasteiger partial charge is 0.258 e. The maximum atomic E-state index is 12.9. The molecule has 20 heavy (non-hydrogen) atoms. The third-order valence-electron chi connectivity index (χ3n) is 3.80. The highest BCUT2D eigenvalue weighted by atomic mass is 35.5. The summed E-state index contributed by atoms with van der Waals surface area (Å²) >= 11 is 5.79. The number of rotatable bonds is 4. The van der Waals surface area contributed by atoms with Crippen molar-refractivity contribution in [3.05, 3.63) is 29.0 Å². The van der Waals surface area contributed by atoms with Crippen molar-refractivity contribution in [1.29, 1.82) is 0 Å². The SMILES string of the molecule is CC1(C)C(O)CC1NC(=O)COc1ccc(F)cc1Cl. The lowest BCUT2D eigenvalue weighted by molar-refractivity contribution is -0.131. The Morgan fingerprint density at radius 1 is 1.60 bits per heavy atom. The summed E-state index contributed by atoms with van der Waals surface area (Å²) in [5, 5.41) is 12.5. The molecule has 6 heteroatoms. The van der Waals surface area contributed by atoms with E-state index in [2.05, 4.69) is 5.32 Å². The number of hydrogen-bond donors (Lipinski definition) is 2. The Labute approximate surface area is 121 Å².